The van der Waals surface area contributed by atoms with Gasteiger partial charge in [-0.05, 0) is 44.1 Å². The molecule has 11 nitrogen and oxygen atoms in total. The predicted molar refractivity (Wildman–Crippen MR) is 121 cm³/mol. The summed E-state index contributed by atoms with van der Waals surface area (Å²) in [4.78, 5) is 12.2. The third-order valence-electron chi connectivity index (χ3n) is 7.38. The minimum Gasteiger partial charge on any atom is -0.388 e. The van der Waals surface area contributed by atoms with Crippen molar-refractivity contribution in [3.8, 4) is 0 Å². The Morgan fingerprint density at radius 3 is 2.34 bits per heavy atom. The number of Topliss-reactive ketones (excluding diaryl/α,β-unsaturated/α-hetero) is 1. The number of hydrogen-bond donors (Lipinski definition) is 6. The maximum absolute atomic E-state index is 12.2. The maximum Gasteiger partial charge on any atom is 0.186 e. The van der Waals surface area contributed by atoms with E-state index in [4.69, 9.17) is 18.9 Å². The maximum atomic E-state index is 12.2. The molecule has 0 aromatic heterocycles. The minimum absolute atomic E-state index is 0.0866. The highest BCUT2D eigenvalue weighted by molar-refractivity contribution is 5.96. The summed E-state index contributed by atoms with van der Waals surface area (Å²) < 4.78 is 22.1. The van der Waals surface area contributed by atoms with Gasteiger partial charge in [-0.25, -0.2) is 0 Å². The van der Waals surface area contributed by atoms with Gasteiger partial charge in [-0.15, -0.1) is 0 Å². The summed E-state index contributed by atoms with van der Waals surface area (Å²) in [7, 11) is 0. The van der Waals surface area contributed by atoms with Crippen LogP contribution in [0.15, 0.2) is 11.1 Å². The molecule has 0 saturated carbocycles. The van der Waals surface area contributed by atoms with Gasteiger partial charge in [-0.2, -0.15) is 0 Å². The van der Waals surface area contributed by atoms with E-state index >= 15 is 0 Å². The van der Waals surface area contributed by atoms with Gasteiger partial charge in [0.25, 0.3) is 0 Å². The average molecular weight is 505 g/mol. The Morgan fingerprint density at radius 2 is 1.66 bits per heavy atom. The summed E-state index contributed by atoms with van der Waals surface area (Å²) in [5.74, 6) is 0.160. The fourth-order valence-corrected chi connectivity index (χ4v) is 4.89. The van der Waals surface area contributed by atoms with Gasteiger partial charge in [0.05, 0.1) is 19.3 Å². The van der Waals surface area contributed by atoms with Crippen molar-refractivity contribution in [2.24, 2.45) is 5.41 Å². The van der Waals surface area contributed by atoms with Crippen molar-refractivity contribution in [2.45, 2.75) is 115 Å². The van der Waals surface area contributed by atoms with Crippen LogP contribution in [0.1, 0.15) is 53.4 Å². The molecule has 1 aliphatic carbocycles. The van der Waals surface area contributed by atoms with E-state index in [0.29, 0.717) is 19.3 Å². The van der Waals surface area contributed by atoms with Crippen LogP contribution in [0.4, 0.5) is 0 Å². The Bertz CT molecular complexity index is 769. The highest BCUT2D eigenvalue weighted by atomic mass is 16.7. The molecule has 2 aliphatic heterocycles. The lowest BCUT2D eigenvalue weighted by Crippen LogP contribution is -2.60. The second-order valence-electron chi connectivity index (χ2n) is 10.5. The van der Waals surface area contributed by atoms with E-state index in [0.717, 1.165) is 17.6 Å². The Labute approximate surface area is 205 Å². The van der Waals surface area contributed by atoms with Crippen LogP contribution >= 0.6 is 0 Å². The van der Waals surface area contributed by atoms with Crippen LogP contribution in [0, 0.1) is 5.41 Å². The van der Waals surface area contributed by atoms with E-state index in [1.807, 2.05) is 6.92 Å². The van der Waals surface area contributed by atoms with Crippen LogP contribution in [-0.4, -0.2) is 111 Å². The molecule has 0 spiro atoms. The molecule has 202 valence electrons. The van der Waals surface area contributed by atoms with E-state index in [9.17, 15) is 35.4 Å². The van der Waals surface area contributed by atoms with Crippen LogP contribution in [0.5, 0.6) is 0 Å². The molecule has 2 fully saturated rings. The third-order valence-corrected chi connectivity index (χ3v) is 7.38. The normalized spacial score (nSPS) is 41.2. The van der Waals surface area contributed by atoms with Crippen molar-refractivity contribution in [2.75, 3.05) is 13.2 Å². The van der Waals surface area contributed by atoms with Crippen molar-refractivity contribution in [1.82, 2.24) is 0 Å². The van der Waals surface area contributed by atoms with Crippen molar-refractivity contribution in [3.63, 3.8) is 0 Å². The number of carbonyl (C=O) groups excluding carboxylic acids is 1. The molecule has 10 unspecified atom stereocenters. The first-order chi connectivity index (χ1) is 16.3. The highest BCUT2D eigenvalue weighted by Gasteiger charge is 2.46. The van der Waals surface area contributed by atoms with E-state index in [1.54, 1.807) is 6.92 Å². The fourth-order valence-electron chi connectivity index (χ4n) is 4.89. The average Bonchev–Trinajstić information content (AvgIpc) is 2.80. The highest BCUT2D eigenvalue weighted by Crippen LogP contribution is 2.41. The first-order valence-corrected chi connectivity index (χ1v) is 12.2. The zero-order valence-corrected chi connectivity index (χ0v) is 20.7. The molecule has 11 heteroatoms. The molecule has 0 bridgehead atoms. The molecule has 0 radical (unpaired) electrons. The van der Waals surface area contributed by atoms with Gasteiger partial charge in [-0.1, -0.05) is 19.4 Å². The quantitative estimate of drug-likeness (QED) is 0.243. The summed E-state index contributed by atoms with van der Waals surface area (Å²) in [6.45, 7) is 7.30. The lowest BCUT2D eigenvalue weighted by molar-refractivity contribution is -0.326. The molecule has 6 N–H and O–H groups in total. The van der Waals surface area contributed by atoms with Crippen LogP contribution in [0.2, 0.25) is 0 Å². The van der Waals surface area contributed by atoms with Gasteiger partial charge < -0.3 is 49.6 Å². The van der Waals surface area contributed by atoms with Gasteiger partial charge >= 0.3 is 0 Å². The number of allylic oxidation sites excluding steroid dienone is 2. The van der Waals surface area contributed by atoms with Gasteiger partial charge in [0.2, 0.25) is 0 Å². The number of rotatable bonds is 8. The smallest absolute Gasteiger partial charge is 0.186 e. The molecule has 3 aliphatic rings. The van der Waals surface area contributed by atoms with Crippen molar-refractivity contribution in [3.05, 3.63) is 11.1 Å². The molecule has 10 atom stereocenters. The Balaban J connectivity index is 1.56. The van der Waals surface area contributed by atoms with E-state index in [-0.39, 0.29) is 24.4 Å². The molecule has 0 aromatic carbocycles. The molecule has 35 heavy (non-hydrogen) atoms. The first kappa shape index (κ1) is 28.6. The summed E-state index contributed by atoms with van der Waals surface area (Å²) in [6.07, 6.45) is -10.3. The number of carbonyl (C=O) groups is 1. The fraction of sp³-hybridized carbons (Fsp3) is 0.875. The second kappa shape index (κ2) is 11.6. The Kier molecular flexibility index (Phi) is 9.47. The standard InChI is InChI=1S/C24H40O11/c1-11(5-6-13-12(2)14(25)7-8-24(13,3)4)34-23-21(31)19(29)18(28)16(35-23)10-33-22-20(30)17(27)15(26)9-32-22/h11,15-23,26-31H,5-10H2,1-4H3. The van der Waals surface area contributed by atoms with E-state index in [2.05, 4.69) is 13.8 Å². The Hall–Kier alpha value is -0.990. The Morgan fingerprint density at radius 1 is 1.00 bits per heavy atom. The van der Waals surface area contributed by atoms with Crippen LogP contribution < -0.4 is 0 Å². The molecular weight excluding hydrogens is 464 g/mol. The lowest BCUT2D eigenvalue weighted by Gasteiger charge is -2.42. The summed E-state index contributed by atoms with van der Waals surface area (Å²) in [5.41, 5.74) is 1.80. The van der Waals surface area contributed by atoms with Gasteiger partial charge in [0.1, 0.15) is 42.7 Å². The zero-order chi connectivity index (χ0) is 26.1. The van der Waals surface area contributed by atoms with Crippen molar-refractivity contribution in [1.29, 1.82) is 0 Å². The second-order valence-corrected chi connectivity index (χ2v) is 10.5. The van der Waals surface area contributed by atoms with Gasteiger partial charge in [0, 0.05) is 6.42 Å². The summed E-state index contributed by atoms with van der Waals surface area (Å²) >= 11 is 0. The van der Waals surface area contributed by atoms with Crippen LogP contribution in [-0.2, 0) is 23.7 Å². The first-order valence-electron chi connectivity index (χ1n) is 12.2. The monoisotopic (exact) mass is 504 g/mol. The number of hydrogen-bond acceptors (Lipinski definition) is 11. The summed E-state index contributed by atoms with van der Waals surface area (Å²) in [6, 6.07) is 0. The molecule has 2 saturated heterocycles. The van der Waals surface area contributed by atoms with E-state index < -0.39 is 61.4 Å². The topological polar surface area (TPSA) is 175 Å². The molecule has 2 heterocycles. The zero-order valence-electron chi connectivity index (χ0n) is 20.7. The lowest BCUT2D eigenvalue weighted by atomic mass is 9.70. The number of ether oxygens (including phenoxy) is 4. The van der Waals surface area contributed by atoms with Crippen molar-refractivity contribution < 1.29 is 54.4 Å². The van der Waals surface area contributed by atoms with Gasteiger partial charge in [0.15, 0.2) is 18.4 Å². The van der Waals surface area contributed by atoms with Crippen LogP contribution in [0.3, 0.4) is 0 Å². The number of aliphatic hydroxyl groups is 6. The van der Waals surface area contributed by atoms with Gasteiger partial charge in [-0.3, -0.25) is 4.79 Å². The largest absolute Gasteiger partial charge is 0.388 e. The minimum atomic E-state index is -1.57. The number of aliphatic hydroxyl groups excluding tert-OH is 6. The third kappa shape index (κ3) is 6.48. The number of ketones is 1. The SMILES string of the molecule is CC1=C(CCC(C)OC2OC(COC3OCC(O)C(O)C3O)C(O)C(O)C2O)C(C)(C)CCC1=O. The molecule has 3 rings (SSSR count). The molecular formula is C24H40O11. The molecule has 0 aromatic rings. The predicted octanol–water partition coefficient (Wildman–Crippen LogP) is -0.859. The van der Waals surface area contributed by atoms with Crippen LogP contribution in [0.25, 0.3) is 0 Å². The summed E-state index contributed by atoms with van der Waals surface area (Å²) in [5, 5.41) is 60.4. The molecule has 0 amide bonds. The van der Waals surface area contributed by atoms with Crippen molar-refractivity contribution >= 4 is 5.78 Å². The van der Waals surface area contributed by atoms with E-state index in [1.165, 1.54) is 0 Å².